The molecule has 1 atom stereocenters. The Hall–Kier alpha value is -2.37. The number of piperidine rings is 1. The summed E-state index contributed by atoms with van der Waals surface area (Å²) in [4.78, 5) is 15.5. The van der Waals surface area contributed by atoms with E-state index in [4.69, 9.17) is 9.47 Å². The molecule has 0 bridgehead atoms. The number of hydrogen-bond donors (Lipinski definition) is 1. The maximum Gasteiger partial charge on any atom is 0.167 e. The molecule has 2 aromatic carbocycles. The van der Waals surface area contributed by atoms with E-state index < -0.39 is 0 Å². The van der Waals surface area contributed by atoms with E-state index in [1.807, 2.05) is 63.2 Å². The number of hydrogen-bond acceptors (Lipinski definition) is 5. The minimum absolute atomic E-state index is 0.00643. The Morgan fingerprint density at radius 3 is 2.80 bits per heavy atom. The Balaban J connectivity index is 1.66. The number of rotatable bonds is 9. The van der Waals surface area contributed by atoms with Crippen LogP contribution in [0.2, 0.25) is 0 Å². The van der Waals surface area contributed by atoms with Crippen LogP contribution in [0.1, 0.15) is 55.1 Å². The topological polar surface area (TPSA) is 59.0 Å². The lowest BCUT2D eigenvalue weighted by atomic mass is 9.89. The highest BCUT2D eigenvalue weighted by atomic mass is 16.5. The molecule has 1 fully saturated rings. The van der Waals surface area contributed by atoms with Crippen LogP contribution < -0.4 is 9.47 Å². The van der Waals surface area contributed by atoms with Crippen molar-refractivity contribution >= 4 is 5.78 Å². The summed E-state index contributed by atoms with van der Waals surface area (Å²) in [6, 6.07) is 13.5. The third kappa shape index (κ3) is 5.83. The number of Topliss-reactive ketones (excluding diaryl/α,β-unsaturated/α-hetero) is 1. The number of carbonyl (C=O) groups excluding carboxylic acids is 1. The van der Waals surface area contributed by atoms with E-state index >= 15 is 0 Å². The molecule has 5 nitrogen and oxygen atoms in total. The molecule has 1 N–H and O–H groups in total. The van der Waals surface area contributed by atoms with Crippen molar-refractivity contribution in [2.24, 2.45) is 5.92 Å². The largest absolute Gasteiger partial charge is 0.494 e. The molecule has 0 spiro atoms. The molecule has 0 amide bonds. The van der Waals surface area contributed by atoms with Crippen molar-refractivity contribution in [1.82, 2.24) is 4.90 Å². The highest BCUT2D eigenvalue weighted by molar-refractivity contribution is 5.98. The van der Waals surface area contributed by atoms with E-state index in [1.54, 1.807) is 0 Å². The van der Waals surface area contributed by atoms with Gasteiger partial charge in [-0.05, 0) is 70.0 Å². The van der Waals surface area contributed by atoms with Gasteiger partial charge >= 0.3 is 0 Å². The molecule has 1 unspecified atom stereocenters. The van der Waals surface area contributed by atoms with E-state index in [0.717, 1.165) is 60.7 Å². The van der Waals surface area contributed by atoms with E-state index in [-0.39, 0.29) is 24.4 Å². The van der Waals surface area contributed by atoms with Gasteiger partial charge in [0.2, 0.25) is 0 Å². The van der Waals surface area contributed by atoms with E-state index in [2.05, 4.69) is 4.90 Å². The van der Waals surface area contributed by atoms with Gasteiger partial charge in [-0.2, -0.15) is 0 Å². The summed E-state index contributed by atoms with van der Waals surface area (Å²) in [6.45, 7) is 8.92. The van der Waals surface area contributed by atoms with Crippen LogP contribution in [0, 0.1) is 5.92 Å². The zero-order valence-corrected chi connectivity index (χ0v) is 18.3. The molecule has 0 aromatic heterocycles. The highest BCUT2D eigenvalue weighted by Crippen LogP contribution is 2.26. The fourth-order valence-corrected chi connectivity index (χ4v) is 4.05. The Kier molecular flexibility index (Phi) is 7.88. The number of ketones is 1. The SMILES string of the molecule is CCOc1ccc(CN2CCCC(C(=O)c3cccc(OC(C)C)c3)C2)cc1CO. The lowest BCUT2D eigenvalue weighted by Crippen LogP contribution is -2.38. The van der Waals surface area contributed by atoms with Crippen molar-refractivity contribution in [2.75, 3.05) is 19.7 Å². The van der Waals surface area contributed by atoms with E-state index in [0.29, 0.717) is 6.61 Å². The van der Waals surface area contributed by atoms with Gasteiger partial charge in [0, 0.05) is 30.1 Å². The maximum absolute atomic E-state index is 13.1. The molecular weight excluding hydrogens is 378 g/mol. The monoisotopic (exact) mass is 411 g/mol. The Labute approximate surface area is 179 Å². The van der Waals surface area contributed by atoms with Crippen molar-refractivity contribution in [3.8, 4) is 11.5 Å². The van der Waals surface area contributed by atoms with Crippen LogP contribution in [0.3, 0.4) is 0 Å². The number of likely N-dealkylation sites (tertiary alicyclic amines) is 1. The molecule has 162 valence electrons. The third-order valence-corrected chi connectivity index (χ3v) is 5.37. The number of carbonyl (C=O) groups is 1. The average Bonchev–Trinajstić information content (AvgIpc) is 2.74. The molecule has 0 radical (unpaired) electrons. The predicted molar refractivity (Wildman–Crippen MR) is 118 cm³/mol. The highest BCUT2D eigenvalue weighted by Gasteiger charge is 2.27. The predicted octanol–water partition coefficient (Wildman–Crippen LogP) is 4.46. The Bertz CT molecular complexity index is 849. The van der Waals surface area contributed by atoms with Crippen molar-refractivity contribution < 1.29 is 19.4 Å². The van der Waals surface area contributed by atoms with Gasteiger partial charge in [0.15, 0.2) is 5.78 Å². The zero-order valence-electron chi connectivity index (χ0n) is 18.3. The molecule has 1 aliphatic heterocycles. The van der Waals surface area contributed by atoms with Gasteiger partial charge in [-0.1, -0.05) is 18.2 Å². The summed E-state index contributed by atoms with van der Waals surface area (Å²) < 4.78 is 11.3. The first-order chi connectivity index (χ1) is 14.5. The molecule has 1 heterocycles. The summed E-state index contributed by atoms with van der Waals surface area (Å²) in [5.74, 6) is 1.66. The van der Waals surface area contributed by atoms with E-state index in [1.165, 1.54) is 0 Å². The van der Waals surface area contributed by atoms with Gasteiger partial charge in [0.1, 0.15) is 11.5 Å². The molecule has 1 saturated heterocycles. The van der Waals surface area contributed by atoms with Crippen molar-refractivity contribution in [2.45, 2.75) is 52.9 Å². The first-order valence-electron chi connectivity index (χ1n) is 10.9. The summed E-state index contributed by atoms with van der Waals surface area (Å²) >= 11 is 0. The average molecular weight is 412 g/mol. The lowest BCUT2D eigenvalue weighted by Gasteiger charge is -2.32. The number of benzene rings is 2. The molecule has 1 aliphatic rings. The minimum Gasteiger partial charge on any atom is -0.494 e. The van der Waals surface area contributed by atoms with Crippen LogP contribution in [0.15, 0.2) is 42.5 Å². The maximum atomic E-state index is 13.1. The molecule has 3 rings (SSSR count). The van der Waals surface area contributed by atoms with Gasteiger partial charge in [0.25, 0.3) is 0 Å². The summed E-state index contributed by atoms with van der Waals surface area (Å²) in [5.41, 5.74) is 2.66. The second-order valence-corrected chi connectivity index (χ2v) is 8.17. The number of ether oxygens (including phenoxy) is 2. The van der Waals surface area contributed by atoms with Gasteiger partial charge in [-0.3, -0.25) is 9.69 Å². The zero-order chi connectivity index (χ0) is 21.5. The Morgan fingerprint density at radius 1 is 1.23 bits per heavy atom. The second kappa shape index (κ2) is 10.6. The van der Waals surface area contributed by atoms with Crippen LogP contribution in [0.4, 0.5) is 0 Å². The first kappa shape index (κ1) is 22.3. The van der Waals surface area contributed by atoms with Crippen LogP contribution in [0.25, 0.3) is 0 Å². The van der Waals surface area contributed by atoms with Crippen molar-refractivity contribution in [1.29, 1.82) is 0 Å². The smallest absolute Gasteiger partial charge is 0.167 e. The molecule has 2 aromatic rings. The molecular formula is C25H33NO4. The normalized spacial score (nSPS) is 17.2. The van der Waals surface area contributed by atoms with Crippen LogP contribution in [0.5, 0.6) is 11.5 Å². The van der Waals surface area contributed by atoms with E-state index in [9.17, 15) is 9.90 Å². The van der Waals surface area contributed by atoms with Gasteiger partial charge in [-0.25, -0.2) is 0 Å². The van der Waals surface area contributed by atoms with Crippen LogP contribution in [-0.2, 0) is 13.2 Å². The van der Waals surface area contributed by atoms with Crippen LogP contribution >= 0.6 is 0 Å². The molecule has 0 aliphatic carbocycles. The molecule has 30 heavy (non-hydrogen) atoms. The van der Waals surface area contributed by atoms with Gasteiger partial charge in [-0.15, -0.1) is 0 Å². The molecule has 5 heteroatoms. The molecule has 0 saturated carbocycles. The number of aliphatic hydroxyl groups excluding tert-OH is 1. The second-order valence-electron chi connectivity index (χ2n) is 8.17. The fourth-order valence-electron chi connectivity index (χ4n) is 4.05. The first-order valence-corrected chi connectivity index (χ1v) is 10.9. The summed E-state index contributed by atoms with van der Waals surface area (Å²) in [6.07, 6.45) is 2.00. The van der Waals surface area contributed by atoms with Crippen molar-refractivity contribution in [3.05, 3.63) is 59.2 Å². The summed E-state index contributed by atoms with van der Waals surface area (Å²) in [7, 11) is 0. The van der Waals surface area contributed by atoms with Crippen molar-refractivity contribution in [3.63, 3.8) is 0 Å². The Morgan fingerprint density at radius 2 is 2.07 bits per heavy atom. The lowest BCUT2D eigenvalue weighted by molar-refractivity contribution is 0.0811. The third-order valence-electron chi connectivity index (χ3n) is 5.37. The minimum atomic E-state index is -0.0426. The van der Waals surface area contributed by atoms with Crippen LogP contribution in [-0.4, -0.2) is 41.6 Å². The standard InChI is InChI=1S/C25H33NO4/c1-4-29-24-11-10-19(13-22(24)17-27)15-26-12-6-8-21(16-26)25(28)20-7-5-9-23(14-20)30-18(2)3/h5,7,9-11,13-14,18,21,27H,4,6,8,12,15-17H2,1-3H3. The quantitative estimate of drug-likeness (QED) is 0.618. The van der Waals surface area contributed by atoms with Gasteiger partial charge < -0.3 is 14.6 Å². The van der Waals surface area contributed by atoms with Gasteiger partial charge in [0.05, 0.1) is 19.3 Å². The number of nitrogens with zero attached hydrogens (tertiary/aromatic N) is 1. The number of aliphatic hydroxyl groups is 1. The summed E-state index contributed by atoms with van der Waals surface area (Å²) in [5, 5.41) is 9.64. The fraction of sp³-hybridized carbons (Fsp3) is 0.480.